The van der Waals surface area contributed by atoms with E-state index in [1.807, 2.05) is 0 Å². The number of fused-ring (bicyclic) bond motifs is 1. The molecule has 2 heterocycles. The van der Waals surface area contributed by atoms with Crippen LogP contribution in [-0.4, -0.2) is 4.98 Å². The van der Waals surface area contributed by atoms with Gasteiger partial charge in [0.15, 0.2) is 6.20 Å². The highest BCUT2D eigenvalue weighted by Gasteiger charge is 2.24. The number of hydrogen-bond acceptors (Lipinski definition) is 1. The van der Waals surface area contributed by atoms with Crippen molar-refractivity contribution in [2.75, 3.05) is 0 Å². The van der Waals surface area contributed by atoms with Crippen LogP contribution in [0.1, 0.15) is 43.2 Å². The van der Waals surface area contributed by atoms with Crippen molar-refractivity contribution in [2.45, 2.75) is 48.0 Å². The van der Waals surface area contributed by atoms with Crippen LogP contribution in [0.2, 0.25) is 0 Å². The Kier molecular flexibility index (Phi) is 5.43. The second kappa shape index (κ2) is 7.92. The molecule has 0 radical (unpaired) electrons. The zero-order chi connectivity index (χ0) is 22.3. The summed E-state index contributed by atoms with van der Waals surface area (Å²) in [7, 11) is 2.16. The van der Waals surface area contributed by atoms with Crippen molar-refractivity contribution in [1.29, 1.82) is 0 Å². The van der Waals surface area contributed by atoms with Crippen LogP contribution >= 0.6 is 0 Å². The van der Waals surface area contributed by atoms with Crippen LogP contribution in [-0.2, 0) is 13.5 Å². The summed E-state index contributed by atoms with van der Waals surface area (Å²) in [5.74, 6) is 0. The third-order valence-electron chi connectivity index (χ3n) is 6.04. The van der Waals surface area contributed by atoms with E-state index in [0.717, 1.165) is 12.1 Å². The predicted octanol–water partition coefficient (Wildman–Crippen LogP) is 6.91. The first-order valence-corrected chi connectivity index (χ1v) is 11.1. The molecule has 0 atom stereocenters. The van der Waals surface area contributed by atoms with E-state index in [1.165, 1.54) is 49.8 Å². The minimum Gasteiger partial charge on any atom is -0.261 e. The van der Waals surface area contributed by atoms with E-state index in [4.69, 9.17) is 4.98 Å². The molecular formula is C29H33N2+. The SMILES string of the molecule is Cc1cc(C)c(C)c(-c2c(-c3ccc(CC(C)(C)C)nc3)c3ccccc3c[n+]2C)c1. The van der Waals surface area contributed by atoms with Gasteiger partial charge in [-0.05, 0) is 61.9 Å². The summed E-state index contributed by atoms with van der Waals surface area (Å²) in [6, 6.07) is 17.7. The average Bonchev–Trinajstić information content (AvgIpc) is 2.69. The van der Waals surface area contributed by atoms with Gasteiger partial charge in [0.05, 0.1) is 11.1 Å². The van der Waals surface area contributed by atoms with E-state index in [9.17, 15) is 0 Å². The smallest absolute Gasteiger partial charge is 0.221 e. The molecule has 31 heavy (non-hydrogen) atoms. The lowest BCUT2D eigenvalue weighted by Gasteiger charge is -2.18. The molecule has 4 aromatic rings. The first kappa shape index (κ1) is 21.2. The van der Waals surface area contributed by atoms with Gasteiger partial charge in [-0.2, -0.15) is 4.57 Å². The largest absolute Gasteiger partial charge is 0.261 e. The second-order valence-electron chi connectivity index (χ2n) is 10.1. The van der Waals surface area contributed by atoms with E-state index >= 15 is 0 Å². The topological polar surface area (TPSA) is 16.8 Å². The monoisotopic (exact) mass is 409 g/mol. The Morgan fingerprint density at radius 3 is 2.35 bits per heavy atom. The molecule has 2 heteroatoms. The molecule has 0 N–H and O–H groups in total. The quantitative estimate of drug-likeness (QED) is 0.336. The zero-order valence-electron chi connectivity index (χ0n) is 19.9. The fourth-order valence-electron chi connectivity index (χ4n) is 4.54. The van der Waals surface area contributed by atoms with Gasteiger partial charge in [-0.25, -0.2) is 0 Å². The summed E-state index contributed by atoms with van der Waals surface area (Å²) in [6.45, 7) is 13.4. The molecule has 2 aromatic heterocycles. The Morgan fingerprint density at radius 2 is 1.68 bits per heavy atom. The lowest BCUT2D eigenvalue weighted by molar-refractivity contribution is -0.658. The average molecular weight is 410 g/mol. The Bertz CT molecular complexity index is 1260. The maximum absolute atomic E-state index is 4.86. The van der Waals surface area contributed by atoms with Crippen molar-refractivity contribution in [2.24, 2.45) is 12.5 Å². The summed E-state index contributed by atoms with van der Waals surface area (Å²) in [4.78, 5) is 4.86. The second-order valence-corrected chi connectivity index (χ2v) is 10.1. The molecule has 0 spiro atoms. The zero-order valence-corrected chi connectivity index (χ0v) is 19.9. The first-order chi connectivity index (χ1) is 14.6. The molecule has 0 aliphatic carbocycles. The molecule has 158 valence electrons. The molecule has 2 nitrogen and oxygen atoms in total. The maximum Gasteiger partial charge on any atom is 0.221 e. The number of nitrogens with zero attached hydrogens (tertiary/aromatic N) is 2. The van der Waals surface area contributed by atoms with Crippen LogP contribution in [0, 0.1) is 26.2 Å². The first-order valence-electron chi connectivity index (χ1n) is 11.1. The predicted molar refractivity (Wildman–Crippen MR) is 131 cm³/mol. The van der Waals surface area contributed by atoms with Crippen LogP contribution in [0.4, 0.5) is 0 Å². The molecule has 0 unspecified atom stereocenters. The molecule has 0 amide bonds. The molecule has 0 saturated heterocycles. The minimum atomic E-state index is 0.224. The van der Waals surface area contributed by atoms with Gasteiger partial charge in [0.1, 0.15) is 7.05 Å². The number of rotatable bonds is 3. The van der Waals surface area contributed by atoms with E-state index in [-0.39, 0.29) is 5.41 Å². The molecular weight excluding hydrogens is 376 g/mol. The highest BCUT2D eigenvalue weighted by atomic mass is 14.9. The van der Waals surface area contributed by atoms with E-state index in [2.05, 4.69) is 114 Å². The van der Waals surface area contributed by atoms with Gasteiger partial charge >= 0.3 is 0 Å². The highest BCUT2D eigenvalue weighted by molar-refractivity contribution is 6.01. The molecule has 0 bridgehead atoms. The minimum absolute atomic E-state index is 0.224. The number of pyridine rings is 2. The fraction of sp³-hybridized carbons (Fsp3) is 0.310. The van der Waals surface area contributed by atoms with Gasteiger partial charge in [0.2, 0.25) is 5.69 Å². The Balaban J connectivity index is 2.01. The summed E-state index contributed by atoms with van der Waals surface area (Å²) >= 11 is 0. The van der Waals surface area contributed by atoms with Crippen molar-refractivity contribution in [3.63, 3.8) is 0 Å². The normalized spacial score (nSPS) is 11.8. The van der Waals surface area contributed by atoms with Crippen molar-refractivity contribution in [1.82, 2.24) is 4.98 Å². The van der Waals surface area contributed by atoms with Crippen molar-refractivity contribution in [3.8, 4) is 22.4 Å². The van der Waals surface area contributed by atoms with Crippen LogP contribution < -0.4 is 4.57 Å². The fourth-order valence-corrected chi connectivity index (χ4v) is 4.54. The van der Waals surface area contributed by atoms with Crippen LogP contribution in [0.15, 0.2) is 60.9 Å². The Hall–Kier alpha value is -3.00. The molecule has 4 rings (SSSR count). The van der Waals surface area contributed by atoms with E-state index in [1.54, 1.807) is 0 Å². The van der Waals surface area contributed by atoms with Crippen molar-refractivity contribution >= 4 is 10.8 Å². The van der Waals surface area contributed by atoms with Gasteiger partial charge in [0, 0.05) is 28.2 Å². The summed E-state index contributed by atoms with van der Waals surface area (Å²) in [5, 5.41) is 2.50. The van der Waals surface area contributed by atoms with Crippen molar-refractivity contribution in [3.05, 3.63) is 83.3 Å². The lowest BCUT2D eigenvalue weighted by Crippen LogP contribution is -2.31. The van der Waals surface area contributed by atoms with E-state index < -0.39 is 0 Å². The standard InChI is InChI=1S/C29H33N2/c1-19-14-20(2)21(3)26(15-19)28-27(25-11-9-8-10-23(25)18-31(28)7)22-12-13-24(30-17-22)16-29(4,5)6/h8-15,17-18H,16H2,1-7H3/q+1. The molecule has 2 aromatic carbocycles. The van der Waals surface area contributed by atoms with Crippen LogP contribution in [0.3, 0.4) is 0 Å². The molecule has 0 aliphatic rings. The number of aromatic nitrogens is 2. The Labute approximate surface area is 186 Å². The third kappa shape index (κ3) is 4.25. The van der Waals surface area contributed by atoms with Crippen molar-refractivity contribution < 1.29 is 4.57 Å². The molecule has 0 saturated carbocycles. The maximum atomic E-state index is 4.86. The van der Waals surface area contributed by atoms with Crippen LogP contribution in [0.5, 0.6) is 0 Å². The molecule has 0 aliphatic heterocycles. The summed E-state index contributed by atoms with van der Waals surface area (Å²) in [6.07, 6.45) is 5.27. The van der Waals surface area contributed by atoms with Gasteiger partial charge in [-0.15, -0.1) is 0 Å². The van der Waals surface area contributed by atoms with Gasteiger partial charge in [-0.3, -0.25) is 4.98 Å². The highest BCUT2D eigenvalue weighted by Crippen LogP contribution is 2.37. The lowest BCUT2D eigenvalue weighted by atomic mass is 9.89. The van der Waals surface area contributed by atoms with E-state index in [0.29, 0.717) is 0 Å². The van der Waals surface area contributed by atoms with Gasteiger partial charge in [-0.1, -0.05) is 56.7 Å². The van der Waals surface area contributed by atoms with Crippen LogP contribution in [0.25, 0.3) is 33.2 Å². The van der Waals surface area contributed by atoms with Gasteiger partial charge in [0.25, 0.3) is 0 Å². The number of hydrogen-bond donors (Lipinski definition) is 0. The number of benzene rings is 2. The molecule has 0 fully saturated rings. The Morgan fingerprint density at radius 1 is 0.935 bits per heavy atom. The summed E-state index contributed by atoms with van der Waals surface area (Å²) in [5.41, 5.74) is 10.3. The summed E-state index contributed by atoms with van der Waals surface area (Å²) < 4.78 is 2.28. The van der Waals surface area contributed by atoms with Gasteiger partial charge < -0.3 is 0 Å². The third-order valence-corrected chi connectivity index (χ3v) is 6.04. The number of aryl methyl sites for hydroxylation is 3.